The number of alkyl halides is 34. The Labute approximate surface area is 385 Å². The van der Waals surface area contributed by atoms with Gasteiger partial charge in [0, 0.05) is 37.6 Å². The number of carbonyl (C=O) groups excluding carboxylic acids is 2. The molecule has 46 heteroatoms. The summed E-state index contributed by atoms with van der Waals surface area (Å²) in [4.78, 5) is 23.6. The second-order valence-electron chi connectivity index (χ2n) is 14.9. The predicted molar refractivity (Wildman–Crippen MR) is 160 cm³/mol. The van der Waals surface area contributed by atoms with Crippen molar-refractivity contribution in [2.24, 2.45) is 5.41 Å². The molecular weight excluding hydrogens is 1200 g/mol. The van der Waals surface area contributed by atoms with E-state index in [-0.39, 0.29) is 0 Å². The highest BCUT2D eigenvalue weighted by atomic mass is 32.2. The number of rotatable bonds is 25. The first-order valence-corrected chi connectivity index (χ1v) is 20.2. The van der Waals surface area contributed by atoms with Crippen LogP contribution >= 0.6 is 0 Å². The third kappa shape index (κ3) is 9.03. The first-order chi connectivity index (χ1) is 31.5. The molecule has 0 aromatic rings. The number of hydrogen-bond donors (Lipinski definition) is 0. The van der Waals surface area contributed by atoms with Gasteiger partial charge in [-0.25, -0.2) is 16.8 Å². The van der Waals surface area contributed by atoms with Crippen molar-refractivity contribution in [2.75, 3.05) is 14.1 Å². The maximum Gasteiger partial charge on any atom is 0.460 e. The zero-order valence-corrected chi connectivity index (χ0v) is 36.2. The Bertz CT molecular complexity index is 2170. The molecule has 0 radical (unpaired) electrons. The van der Waals surface area contributed by atoms with Crippen LogP contribution < -0.4 is 10.2 Å². The van der Waals surface area contributed by atoms with E-state index in [0.717, 1.165) is 0 Å². The van der Waals surface area contributed by atoms with E-state index in [1.54, 1.807) is 0 Å². The summed E-state index contributed by atoms with van der Waals surface area (Å²) in [6.45, 7) is -1.36. The Morgan fingerprint density at radius 2 is 0.568 bits per heavy atom. The molecule has 0 saturated heterocycles. The molecule has 0 aliphatic rings. The zero-order valence-electron chi connectivity index (χ0n) is 34.6. The van der Waals surface area contributed by atoms with Crippen molar-refractivity contribution >= 4 is 32.0 Å². The first-order valence-electron chi connectivity index (χ1n) is 17.3. The molecule has 74 heavy (non-hydrogen) atoms. The number of halogens is 34. The normalized spacial score (nSPS) is 17.9. The summed E-state index contributed by atoms with van der Waals surface area (Å²) < 4.78 is 519. The molecule has 0 rings (SSSR count). The van der Waals surface area contributed by atoms with Crippen LogP contribution in [0.5, 0.6) is 0 Å². The molecule has 0 aliphatic carbocycles. The summed E-state index contributed by atoms with van der Waals surface area (Å²) in [5.74, 6) is -118. The molecular formula is C28H20F34N2O8S2-2. The summed E-state index contributed by atoms with van der Waals surface area (Å²) in [7, 11) is -19.9. The molecule has 0 saturated carbocycles. The van der Waals surface area contributed by atoms with Crippen molar-refractivity contribution in [3.63, 3.8) is 0 Å². The fourth-order valence-corrected chi connectivity index (χ4v) is 8.62. The van der Waals surface area contributed by atoms with Crippen LogP contribution in [-0.4, -0.2) is 157 Å². The second kappa shape index (κ2) is 18.8. The number of sulfonamides is 2. The lowest BCUT2D eigenvalue weighted by molar-refractivity contribution is -0.458. The summed E-state index contributed by atoms with van der Waals surface area (Å²) in [6, 6.07) is -8.43. The van der Waals surface area contributed by atoms with E-state index in [0.29, 0.717) is 0 Å². The molecule has 0 spiro atoms. The molecule has 0 aliphatic heterocycles. The van der Waals surface area contributed by atoms with E-state index >= 15 is 17.6 Å². The fourth-order valence-electron chi connectivity index (χ4n) is 5.78. The van der Waals surface area contributed by atoms with E-state index in [1.165, 1.54) is 0 Å². The number of carbonyl (C=O) groups is 2. The van der Waals surface area contributed by atoms with Crippen molar-refractivity contribution in [3.8, 4) is 0 Å². The number of hydrogen-bond acceptors (Lipinski definition) is 8. The molecule has 0 N–H and O–H groups in total. The van der Waals surface area contributed by atoms with Crippen LogP contribution in [0.2, 0.25) is 0 Å². The first kappa shape index (κ1) is 70.4. The second-order valence-corrected chi connectivity index (χ2v) is 18.9. The minimum absolute atomic E-state index is 0.682. The van der Waals surface area contributed by atoms with Gasteiger partial charge in [0.15, 0.2) is 0 Å². The molecule has 0 heterocycles. The molecule has 0 fully saturated rings. The monoisotopic (exact) mass is 1220 g/mol. The van der Waals surface area contributed by atoms with Gasteiger partial charge >= 0.3 is 93.9 Å². The number of aliphatic carboxylic acids is 2. The standard InChI is InChI=1S/C28H22F34N2O8S2/c1-8(63(3)73(69,70)27(59,60)23(49,50)19(41,42)15(33,34)13(29,30)17(37,38)21(45,46)25(53,54)55)12(11(67)68,7-5-6-10(65)66)9(2)64(4)74(71,72)28(61,62)24(51,52)20(43,44)16(35,36)14(31,32)18(39,40)22(47,48)26(56,57)58/h8-9H,5-7H2,1-4H3,(H,65,66)(H,67,68)/p-2. The smallest absolute Gasteiger partial charge is 0.460 e. The summed E-state index contributed by atoms with van der Waals surface area (Å²) in [6.07, 6.45) is -23.0. The summed E-state index contributed by atoms with van der Waals surface area (Å²) in [5.41, 5.74) is -4.90. The molecule has 442 valence electrons. The number of nitrogens with zero attached hydrogens (tertiary/aromatic N) is 2. The van der Waals surface area contributed by atoms with Crippen molar-refractivity contribution < 1.29 is 186 Å². The molecule has 2 unspecified atom stereocenters. The minimum Gasteiger partial charge on any atom is -0.550 e. The fraction of sp³-hybridized carbons (Fsp3) is 0.929. The van der Waals surface area contributed by atoms with Gasteiger partial charge in [-0.2, -0.15) is 158 Å². The maximum atomic E-state index is 15.2. The van der Waals surface area contributed by atoms with Crippen molar-refractivity contribution in [3.05, 3.63) is 0 Å². The van der Waals surface area contributed by atoms with Gasteiger partial charge in [0.25, 0.3) is 20.0 Å². The van der Waals surface area contributed by atoms with Crippen LogP contribution in [0, 0.1) is 5.41 Å². The molecule has 0 aromatic heterocycles. The van der Waals surface area contributed by atoms with Crippen molar-refractivity contribution in [1.82, 2.24) is 8.61 Å². The summed E-state index contributed by atoms with van der Waals surface area (Å²) in [5, 5.41) is 6.16. The maximum absolute atomic E-state index is 15.2. The van der Waals surface area contributed by atoms with Gasteiger partial charge in [0.1, 0.15) is 0 Å². The highest BCUT2D eigenvalue weighted by Gasteiger charge is 2.98. The molecule has 0 aromatic carbocycles. The average Bonchev–Trinajstić information content (AvgIpc) is 3.18. The lowest BCUT2D eigenvalue weighted by atomic mass is 9.71. The third-order valence-corrected chi connectivity index (χ3v) is 14.7. The number of carboxylic acids is 2. The average molecular weight is 1220 g/mol. The SMILES string of the molecule is CC(N(C)S(=O)(=O)C(F)(F)C(F)(F)C(F)(F)C(F)(F)C(F)(F)C(F)(F)C(F)(F)C(F)(F)F)C(CCCC(=O)[O-])(C(=O)[O-])C(C)N(C)S(=O)(=O)C(F)(F)C(F)(F)C(F)(F)C(F)(F)C(F)(F)C(F)(F)C(F)(F)C(F)(F)F. The minimum atomic E-state index is -9.55. The van der Waals surface area contributed by atoms with Gasteiger partial charge in [-0.1, -0.05) is 0 Å². The van der Waals surface area contributed by atoms with Crippen LogP contribution in [0.3, 0.4) is 0 Å². The van der Waals surface area contributed by atoms with Crippen LogP contribution in [0.1, 0.15) is 33.1 Å². The van der Waals surface area contributed by atoms with Crippen LogP contribution in [0.4, 0.5) is 149 Å². The lowest BCUT2D eigenvalue weighted by Gasteiger charge is -2.51. The summed E-state index contributed by atoms with van der Waals surface area (Å²) >= 11 is 0. The predicted octanol–water partition coefficient (Wildman–Crippen LogP) is 7.88. The molecule has 0 bridgehead atoms. The van der Waals surface area contributed by atoms with Crippen LogP contribution in [0.15, 0.2) is 0 Å². The van der Waals surface area contributed by atoms with E-state index < -0.39 is 199 Å². The van der Waals surface area contributed by atoms with E-state index in [9.17, 15) is 168 Å². The van der Waals surface area contributed by atoms with E-state index in [1.807, 2.05) is 0 Å². The van der Waals surface area contributed by atoms with E-state index in [2.05, 4.69) is 0 Å². The van der Waals surface area contributed by atoms with Gasteiger partial charge in [-0.3, -0.25) is 0 Å². The Balaban J connectivity index is 8.32. The van der Waals surface area contributed by atoms with E-state index in [4.69, 9.17) is 0 Å². The lowest BCUT2D eigenvalue weighted by Crippen LogP contribution is -2.76. The van der Waals surface area contributed by atoms with Crippen LogP contribution in [0.25, 0.3) is 0 Å². The van der Waals surface area contributed by atoms with Gasteiger partial charge in [0.2, 0.25) is 0 Å². The highest BCUT2D eigenvalue weighted by molar-refractivity contribution is 7.90. The quantitative estimate of drug-likeness (QED) is 0.0837. The van der Waals surface area contributed by atoms with Gasteiger partial charge in [-0.05, 0) is 33.1 Å². The third-order valence-electron chi connectivity index (χ3n) is 10.7. The van der Waals surface area contributed by atoms with Crippen molar-refractivity contribution in [2.45, 2.75) is 139 Å². The van der Waals surface area contributed by atoms with Gasteiger partial charge < -0.3 is 19.8 Å². The van der Waals surface area contributed by atoms with Crippen molar-refractivity contribution in [1.29, 1.82) is 0 Å². The Morgan fingerprint density at radius 1 is 0.378 bits per heavy atom. The molecule has 10 nitrogen and oxygen atoms in total. The van der Waals surface area contributed by atoms with Crippen LogP contribution in [-0.2, 0) is 29.6 Å². The Hall–Kier alpha value is -3.62. The highest BCUT2D eigenvalue weighted by Crippen LogP contribution is 2.67. The Morgan fingerprint density at radius 3 is 0.743 bits per heavy atom. The Kier molecular flexibility index (Phi) is 17.9. The molecule has 2 atom stereocenters. The zero-order chi connectivity index (χ0) is 61.1. The van der Waals surface area contributed by atoms with Gasteiger partial charge in [-0.15, -0.1) is 0 Å². The largest absolute Gasteiger partial charge is 0.550 e. The van der Waals surface area contributed by atoms with Gasteiger partial charge in [0.05, 0.1) is 5.97 Å². The topological polar surface area (TPSA) is 155 Å². The number of carboxylic acid groups (broad SMARTS) is 2. The molecule has 0 amide bonds.